The molecule has 3 heterocycles. The summed E-state index contributed by atoms with van der Waals surface area (Å²) in [5.41, 5.74) is 0.547. The van der Waals surface area contributed by atoms with Crippen LogP contribution in [0.4, 0.5) is 5.69 Å². The highest BCUT2D eigenvalue weighted by atomic mass is 28.4. The van der Waals surface area contributed by atoms with Crippen LogP contribution in [-0.2, 0) is 23.5 Å². The van der Waals surface area contributed by atoms with E-state index in [0.717, 1.165) is 30.3 Å². The molecule has 13 heteroatoms. The van der Waals surface area contributed by atoms with E-state index in [9.17, 15) is 29.3 Å². The van der Waals surface area contributed by atoms with Gasteiger partial charge in [-0.1, -0.05) is 27.7 Å². The molecule has 0 spiro atoms. The van der Waals surface area contributed by atoms with Gasteiger partial charge in [0.15, 0.2) is 8.32 Å². The van der Waals surface area contributed by atoms with E-state index >= 15 is 0 Å². The maximum Gasteiger partial charge on any atom is 0.362 e. The third-order valence-electron chi connectivity index (χ3n) is 9.82. The molecule has 4 rings (SSSR count). The molecule has 0 bridgehead atoms. The predicted octanol–water partition coefficient (Wildman–Crippen LogP) is 3.83. The Hall–Kier alpha value is -3.42. The van der Waals surface area contributed by atoms with Gasteiger partial charge in [0.25, 0.3) is 5.69 Å². The van der Waals surface area contributed by atoms with Crippen molar-refractivity contribution in [3.05, 3.63) is 51.2 Å². The lowest BCUT2D eigenvalue weighted by molar-refractivity contribution is -0.384. The van der Waals surface area contributed by atoms with Crippen LogP contribution in [0.3, 0.4) is 0 Å². The van der Waals surface area contributed by atoms with Crippen LogP contribution < -0.4 is 0 Å². The SMILES string of the molecule is CC[Si](CC)(CC)O[C@H](C)[C@H]1C(=O)N2C(C(=O)OC(=O)c3ccc([N+](=O)[O-])cc3)=C(CN3CC[C@H](C(=O)N(C)C)C3)[C@H](C)[C@H]12. The van der Waals surface area contributed by atoms with E-state index in [-0.39, 0.29) is 52.7 Å². The number of amides is 2. The smallest absolute Gasteiger partial charge is 0.362 e. The van der Waals surface area contributed by atoms with Crippen molar-refractivity contribution in [3.8, 4) is 0 Å². The molecule has 44 heavy (non-hydrogen) atoms. The van der Waals surface area contributed by atoms with E-state index in [1.807, 2.05) is 13.8 Å². The lowest BCUT2D eigenvalue weighted by Gasteiger charge is -2.49. The number of β-lactam (4-membered cyclic amide) rings is 1. The Labute approximate surface area is 259 Å². The van der Waals surface area contributed by atoms with Gasteiger partial charge in [-0.15, -0.1) is 0 Å². The second-order valence-electron chi connectivity index (χ2n) is 12.4. The number of ether oxygens (including phenoxy) is 1. The van der Waals surface area contributed by atoms with Gasteiger partial charge in [0.2, 0.25) is 11.8 Å². The van der Waals surface area contributed by atoms with Gasteiger partial charge < -0.3 is 19.0 Å². The van der Waals surface area contributed by atoms with Crippen LogP contribution in [0.15, 0.2) is 35.5 Å². The molecule has 1 aromatic rings. The number of carbonyl (C=O) groups excluding carboxylic acids is 4. The number of rotatable bonds is 12. The molecule has 3 aliphatic heterocycles. The normalized spacial score (nSPS) is 24.2. The fourth-order valence-electron chi connectivity index (χ4n) is 6.99. The minimum absolute atomic E-state index is 0.0203. The highest BCUT2D eigenvalue weighted by Crippen LogP contribution is 2.49. The number of fused-ring (bicyclic) bond motifs is 1. The highest BCUT2D eigenvalue weighted by Gasteiger charge is 2.61. The van der Waals surface area contributed by atoms with Gasteiger partial charge in [0.05, 0.1) is 34.5 Å². The Balaban J connectivity index is 1.60. The summed E-state index contributed by atoms with van der Waals surface area (Å²) >= 11 is 0. The van der Waals surface area contributed by atoms with Gasteiger partial charge in [0, 0.05) is 45.2 Å². The number of likely N-dealkylation sites (tertiary alicyclic amines) is 1. The van der Waals surface area contributed by atoms with Crippen molar-refractivity contribution < 1.29 is 33.3 Å². The average Bonchev–Trinajstić information content (AvgIpc) is 3.56. The molecule has 12 nitrogen and oxygen atoms in total. The summed E-state index contributed by atoms with van der Waals surface area (Å²) in [7, 11) is 1.45. The molecular weight excluding hydrogens is 584 g/mol. The molecule has 0 radical (unpaired) electrons. The molecule has 3 aliphatic rings. The Bertz CT molecular complexity index is 1330. The van der Waals surface area contributed by atoms with Crippen molar-refractivity contribution in [2.45, 2.75) is 71.3 Å². The first kappa shape index (κ1) is 33.5. The van der Waals surface area contributed by atoms with Gasteiger partial charge in [-0.2, -0.15) is 0 Å². The third kappa shape index (κ3) is 6.22. The number of benzene rings is 1. The monoisotopic (exact) mass is 628 g/mol. The summed E-state index contributed by atoms with van der Waals surface area (Å²) < 4.78 is 12.0. The average molecular weight is 629 g/mol. The van der Waals surface area contributed by atoms with Gasteiger partial charge in [0.1, 0.15) is 5.70 Å². The molecular formula is C31H44N4O8Si. The van der Waals surface area contributed by atoms with E-state index in [2.05, 4.69) is 25.7 Å². The summed E-state index contributed by atoms with van der Waals surface area (Å²) in [6.45, 7) is 11.9. The van der Waals surface area contributed by atoms with Crippen molar-refractivity contribution >= 4 is 37.8 Å². The predicted molar refractivity (Wildman–Crippen MR) is 165 cm³/mol. The Morgan fingerprint density at radius 2 is 1.70 bits per heavy atom. The summed E-state index contributed by atoms with van der Waals surface area (Å²) in [5.74, 6) is -2.87. The number of hydrogen-bond donors (Lipinski definition) is 0. The highest BCUT2D eigenvalue weighted by molar-refractivity contribution is 6.73. The van der Waals surface area contributed by atoms with Crippen molar-refractivity contribution in [1.29, 1.82) is 0 Å². The lowest BCUT2D eigenvalue weighted by Crippen LogP contribution is -2.65. The first-order valence-electron chi connectivity index (χ1n) is 15.5. The molecule has 0 aromatic heterocycles. The molecule has 240 valence electrons. The standard InChI is InChI=1S/C31H44N4O8Si/c1-8-44(9-2,10-3)43-20(5)25-26-19(4)24(18-33-16-15-22(17-33)28(36)32(6)7)27(34(26)29(25)37)31(39)42-30(38)21-11-13-23(14-12-21)35(40)41/h11-14,19-20,22,25-26H,8-10,15-18H2,1-7H3/t19-,20+,22-,25+,26+/m0/s1. The number of nitro groups is 1. The first-order valence-corrected chi connectivity index (χ1v) is 18.0. The second kappa shape index (κ2) is 13.3. The van der Waals surface area contributed by atoms with Gasteiger partial charge in [-0.3, -0.25) is 24.6 Å². The maximum atomic E-state index is 13.8. The lowest BCUT2D eigenvalue weighted by atomic mass is 9.77. The quantitative estimate of drug-likeness (QED) is 0.0844. The number of hydrogen-bond acceptors (Lipinski definition) is 9. The molecule has 0 N–H and O–H groups in total. The van der Waals surface area contributed by atoms with Crippen LogP contribution >= 0.6 is 0 Å². The summed E-state index contributed by atoms with van der Waals surface area (Å²) in [6, 6.07) is 7.30. The van der Waals surface area contributed by atoms with Crippen LogP contribution in [-0.4, -0.2) is 97.6 Å². The van der Waals surface area contributed by atoms with E-state index in [4.69, 9.17) is 9.16 Å². The van der Waals surface area contributed by atoms with Crippen LogP contribution in [0.25, 0.3) is 0 Å². The molecule has 1 aromatic carbocycles. The van der Waals surface area contributed by atoms with Crippen LogP contribution in [0.1, 0.15) is 51.4 Å². The molecule has 0 aliphatic carbocycles. The largest absolute Gasteiger partial charge is 0.413 e. The zero-order chi connectivity index (χ0) is 32.5. The molecule has 5 atom stereocenters. The zero-order valence-corrected chi connectivity index (χ0v) is 27.7. The second-order valence-corrected chi connectivity index (χ2v) is 17.1. The van der Waals surface area contributed by atoms with Gasteiger partial charge in [-0.05, 0) is 55.7 Å². The number of nitro benzene ring substituents is 1. The van der Waals surface area contributed by atoms with Crippen molar-refractivity contribution in [2.75, 3.05) is 33.7 Å². The minimum atomic E-state index is -2.01. The summed E-state index contributed by atoms with van der Waals surface area (Å²) in [5, 5.41) is 11.0. The number of esters is 2. The number of nitrogens with zero attached hydrogens (tertiary/aromatic N) is 4. The molecule has 2 saturated heterocycles. The minimum Gasteiger partial charge on any atom is -0.413 e. The topological polar surface area (TPSA) is 140 Å². The fourth-order valence-corrected chi connectivity index (χ4v) is 9.93. The molecule has 2 fully saturated rings. The van der Waals surface area contributed by atoms with Crippen molar-refractivity contribution in [2.24, 2.45) is 17.8 Å². The molecule has 0 unspecified atom stereocenters. The Kier molecular flexibility index (Phi) is 10.1. The Morgan fingerprint density at radius 3 is 2.25 bits per heavy atom. The molecule has 2 amide bonds. The summed E-state index contributed by atoms with van der Waals surface area (Å²) in [4.78, 5) is 68.5. The maximum absolute atomic E-state index is 13.8. The summed E-state index contributed by atoms with van der Waals surface area (Å²) in [6.07, 6.45) is 0.360. The van der Waals surface area contributed by atoms with Crippen LogP contribution in [0, 0.1) is 27.9 Å². The third-order valence-corrected chi connectivity index (χ3v) is 14.6. The van der Waals surface area contributed by atoms with E-state index in [1.54, 1.807) is 19.0 Å². The first-order chi connectivity index (χ1) is 20.8. The van der Waals surface area contributed by atoms with Gasteiger partial charge >= 0.3 is 11.9 Å². The molecule has 0 saturated carbocycles. The fraction of sp³-hybridized carbons (Fsp3) is 0.613. The van der Waals surface area contributed by atoms with E-state index in [0.29, 0.717) is 31.6 Å². The van der Waals surface area contributed by atoms with Gasteiger partial charge in [-0.25, -0.2) is 9.59 Å². The van der Waals surface area contributed by atoms with E-state index in [1.165, 1.54) is 17.0 Å². The number of non-ortho nitro benzene ring substituents is 1. The van der Waals surface area contributed by atoms with Crippen LogP contribution in [0.5, 0.6) is 0 Å². The van der Waals surface area contributed by atoms with Crippen LogP contribution in [0.2, 0.25) is 18.1 Å². The Morgan fingerprint density at radius 1 is 1.09 bits per heavy atom. The number of carbonyl (C=O) groups is 4. The van der Waals surface area contributed by atoms with Crippen molar-refractivity contribution in [3.63, 3.8) is 0 Å². The zero-order valence-electron chi connectivity index (χ0n) is 26.7. The van der Waals surface area contributed by atoms with Crippen molar-refractivity contribution in [1.82, 2.24) is 14.7 Å². The van der Waals surface area contributed by atoms with E-state index < -0.39 is 31.1 Å².